The molecule has 0 radical (unpaired) electrons. The highest BCUT2D eigenvalue weighted by Gasteiger charge is 1.97. The molecule has 0 amide bonds. The minimum atomic E-state index is 0.343. The van der Waals surface area contributed by atoms with E-state index in [-0.39, 0.29) is 0 Å². The van der Waals surface area contributed by atoms with E-state index in [1.54, 1.807) is 0 Å². The lowest BCUT2D eigenvalue weighted by Gasteiger charge is -2.06. The van der Waals surface area contributed by atoms with E-state index < -0.39 is 0 Å². The molecular formula is C11H11ClO. The quantitative estimate of drug-likeness (QED) is 0.527. The summed E-state index contributed by atoms with van der Waals surface area (Å²) in [5.74, 6) is 0.422. The molecule has 13 heavy (non-hydrogen) atoms. The van der Waals surface area contributed by atoms with Crippen molar-refractivity contribution in [2.75, 3.05) is 0 Å². The number of ether oxygens (including phenoxy) is 1. The van der Waals surface area contributed by atoms with Crippen molar-refractivity contribution in [1.82, 2.24) is 0 Å². The molecular weight excluding hydrogens is 184 g/mol. The summed E-state index contributed by atoms with van der Waals surface area (Å²) >= 11 is 5.58. The van der Waals surface area contributed by atoms with Gasteiger partial charge in [0.25, 0.3) is 0 Å². The summed E-state index contributed by atoms with van der Waals surface area (Å²) in [5, 5.41) is 0.343. The van der Waals surface area contributed by atoms with Crippen molar-refractivity contribution in [3.8, 4) is 0 Å². The zero-order valence-electron chi connectivity index (χ0n) is 7.29. The van der Waals surface area contributed by atoms with E-state index in [1.165, 1.54) is 0 Å². The fraction of sp³-hybridized carbons (Fsp3) is 0.0909. The zero-order valence-corrected chi connectivity index (χ0v) is 8.05. The van der Waals surface area contributed by atoms with E-state index in [9.17, 15) is 0 Å². The maximum atomic E-state index is 5.58. The highest BCUT2D eigenvalue weighted by Crippen LogP contribution is 2.13. The molecule has 1 nitrogen and oxygen atoms in total. The van der Waals surface area contributed by atoms with Gasteiger partial charge in [-0.1, -0.05) is 55.1 Å². The van der Waals surface area contributed by atoms with Crippen LogP contribution in [0.2, 0.25) is 0 Å². The van der Waals surface area contributed by atoms with E-state index in [2.05, 4.69) is 13.2 Å². The number of benzene rings is 1. The van der Waals surface area contributed by atoms with Crippen LogP contribution in [0.5, 0.6) is 0 Å². The highest BCUT2D eigenvalue weighted by molar-refractivity contribution is 6.31. The Morgan fingerprint density at radius 1 is 1.23 bits per heavy atom. The summed E-state index contributed by atoms with van der Waals surface area (Å²) in [6.07, 6.45) is 0. The minimum Gasteiger partial charge on any atom is -0.488 e. The van der Waals surface area contributed by atoms with Crippen LogP contribution >= 0.6 is 11.6 Å². The molecule has 0 N–H and O–H groups in total. The lowest BCUT2D eigenvalue weighted by Crippen LogP contribution is -1.91. The molecule has 0 aliphatic rings. The van der Waals surface area contributed by atoms with Crippen LogP contribution < -0.4 is 0 Å². The Kier molecular flexibility index (Phi) is 3.59. The topological polar surface area (TPSA) is 9.23 Å². The maximum absolute atomic E-state index is 5.58. The van der Waals surface area contributed by atoms with E-state index in [0.717, 1.165) is 5.56 Å². The van der Waals surface area contributed by atoms with Gasteiger partial charge in [-0.3, -0.25) is 0 Å². The van der Waals surface area contributed by atoms with Crippen molar-refractivity contribution in [3.05, 3.63) is 59.8 Å². The van der Waals surface area contributed by atoms with Crippen LogP contribution in [0.25, 0.3) is 0 Å². The molecule has 68 valence electrons. The Morgan fingerprint density at radius 2 is 1.85 bits per heavy atom. The molecule has 0 aliphatic carbocycles. The molecule has 0 saturated carbocycles. The molecule has 0 fully saturated rings. The second-order valence-corrected chi connectivity index (χ2v) is 3.06. The molecule has 1 aromatic carbocycles. The van der Waals surface area contributed by atoms with Crippen LogP contribution in [-0.4, -0.2) is 0 Å². The summed E-state index contributed by atoms with van der Waals surface area (Å²) in [4.78, 5) is 0. The van der Waals surface area contributed by atoms with Crippen molar-refractivity contribution in [3.63, 3.8) is 0 Å². The standard InChI is InChI=1S/C11H11ClO/c1-9(12)10(2)13-8-11-6-4-3-5-7-11/h3-7H,1-2,8H2. The number of halogens is 1. The third kappa shape index (κ3) is 3.34. The van der Waals surface area contributed by atoms with Gasteiger partial charge < -0.3 is 4.74 Å². The number of hydrogen-bond acceptors (Lipinski definition) is 1. The van der Waals surface area contributed by atoms with Gasteiger partial charge in [-0.15, -0.1) is 0 Å². The van der Waals surface area contributed by atoms with Gasteiger partial charge in [0, 0.05) is 0 Å². The van der Waals surface area contributed by atoms with Gasteiger partial charge in [0.2, 0.25) is 0 Å². The fourth-order valence-corrected chi connectivity index (χ4v) is 0.878. The van der Waals surface area contributed by atoms with Gasteiger partial charge >= 0.3 is 0 Å². The van der Waals surface area contributed by atoms with Crippen LogP contribution in [0.4, 0.5) is 0 Å². The average molecular weight is 195 g/mol. The van der Waals surface area contributed by atoms with Gasteiger partial charge in [0.1, 0.15) is 12.4 Å². The lowest BCUT2D eigenvalue weighted by molar-refractivity contribution is 0.211. The molecule has 0 aliphatic heterocycles. The van der Waals surface area contributed by atoms with Crippen molar-refractivity contribution in [2.24, 2.45) is 0 Å². The normalized spacial score (nSPS) is 9.31. The van der Waals surface area contributed by atoms with Gasteiger partial charge in [-0.2, -0.15) is 0 Å². The molecule has 1 aromatic rings. The van der Waals surface area contributed by atoms with Gasteiger partial charge in [0.15, 0.2) is 0 Å². The van der Waals surface area contributed by atoms with Crippen molar-refractivity contribution in [2.45, 2.75) is 6.61 Å². The Morgan fingerprint density at radius 3 is 2.38 bits per heavy atom. The van der Waals surface area contributed by atoms with Crippen molar-refractivity contribution < 1.29 is 4.74 Å². The predicted molar refractivity (Wildman–Crippen MR) is 55.4 cm³/mol. The lowest BCUT2D eigenvalue weighted by atomic mass is 10.2. The van der Waals surface area contributed by atoms with Crippen LogP contribution in [0.3, 0.4) is 0 Å². The summed E-state index contributed by atoms with van der Waals surface area (Å²) in [7, 11) is 0. The third-order valence-corrected chi connectivity index (χ3v) is 1.77. The summed E-state index contributed by atoms with van der Waals surface area (Å²) in [6.45, 7) is 7.60. The molecule has 0 heterocycles. The molecule has 0 atom stereocenters. The van der Waals surface area contributed by atoms with Gasteiger partial charge in [-0.25, -0.2) is 0 Å². The Bertz CT molecular complexity index is 303. The first-order valence-corrected chi connectivity index (χ1v) is 4.28. The van der Waals surface area contributed by atoms with Crippen molar-refractivity contribution >= 4 is 11.6 Å². The maximum Gasteiger partial charge on any atom is 0.130 e. The number of hydrogen-bond donors (Lipinski definition) is 0. The predicted octanol–water partition coefficient (Wildman–Crippen LogP) is 3.47. The first kappa shape index (κ1) is 9.87. The molecule has 0 unspecified atom stereocenters. The molecule has 1 rings (SSSR count). The first-order valence-electron chi connectivity index (χ1n) is 3.90. The molecule has 0 aromatic heterocycles. The zero-order chi connectivity index (χ0) is 9.68. The third-order valence-electron chi connectivity index (χ3n) is 1.56. The van der Waals surface area contributed by atoms with Gasteiger partial charge in [0.05, 0.1) is 5.03 Å². The van der Waals surface area contributed by atoms with Crippen molar-refractivity contribution in [1.29, 1.82) is 0 Å². The minimum absolute atomic E-state index is 0.343. The first-order chi connectivity index (χ1) is 6.20. The number of rotatable bonds is 4. The van der Waals surface area contributed by atoms with E-state index in [4.69, 9.17) is 16.3 Å². The molecule has 0 spiro atoms. The van der Waals surface area contributed by atoms with Crippen LogP contribution in [0, 0.1) is 0 Å². The monoisotopic (exact) mass is 194 g/mol. The largest absolute Gasteiger partial charge is 0.488 e. The molecule has 2 heteroatoms. The molecule has 0 bridgehead atoms. The second-order valence-electron chi connectivity index (χ2n) is 2.60. The summed E-state index contributed by atoms with van der Waals surface area (Å²) < 4.78 is 5.26. The van der Waals surface area contributed by atoms with E-state index in [1.807, 2.05) is 30.3 Å². The van der Waals surface area contributed by atoms with Crippen LogP contribution in [0.1, 0.15) is 5.56 Å². The second kappa shape index (κ2) is 4.73. The summed E-state index contributed by atoms with van der Waals surface area (Å²) in [5.41, 5.74) is 1.08. The highest BCUT2D eigenvalue weighted by atomic mass is 35.5. The SMILES string of the molecule is C=C(Cl)C(=C)OCc1ccccc1. The Balaban J connectivity index is 2.44. The smallest absolute Gasteiger partial charge is 0.130 e. The molecule has 0 saturated heterocycles. The fourth-order valence-electron chi connectivity index (χ4n) is 0.823. The Labute approximate surface area is 83.3 Å². The average Bonchev–Trinajstić information content (AvgIpc) is 2.15. The summed E-state index contributed by atoms with van der Waals surface area (Å²) in [6, 6.07) is 9.82. The van der Waals surface area contributed by atoms with E-state index in [0.29, 0.717) is 17.4 Å². The van der Waals surface area contributed by atoms with Crippen LogP contribution in [-0.2, 0) is 11.3 Å². The van der Waals surface area contributed by atoms with Crippen LogP contribution in [0.15, 0.2) is 54.3 Å². The Hall–Kier alpha value is -1.21. The number of allylic oxidation sites excluding steroid dienone is 1. The van der Waals surface area contributed by atoms with E-state index >= 15 is 0 Å². The van der Waals surface area contributed by atoms with Gasteiger partial charge in [-0.05, 0) is 5.56 Å².